The van der Waals surface area contributed by atoms with Gasteiger partial charge in [-0.1, -0.05) is 71.9 Å². The molecule has 0 aliphatic carbocycles. The Morgan fingerprint density at radius 3 is 1.96 bits per heavy atom. The number of aliphatic hydroxyl groups excluding tert-OH is 1. The molecular weight excluding hydrogens is 690 g/mol. The second-order valence-electron chi connectivity index (χ2n) is 15.5. The van der Waals surface area contributed by atoms with E-state index in [1.54, 1.807) is 51.1 Å². The van der Waals surface area contributed by atoms with Crippen molar-refractivity contribution in [3.8, 4) is 0 Å². The summed E-state index contributed by atoms with van der Waals surface area (Å²) < 4.78 is 34.5. The van der Waals surface area contributed by atoms with Gasteiger partial charge >= 0.3 is 30.0 Å². The molecule has 0 bridgehead atoms. The fourth-order valence-electron chi connectivity index (χ4n) is 7.72. The molecule has 2 rings (SSSR count). The highest BCUT2D eigenvalue weighted by Crippen LogP contribution is 2.45. The van der Waals surface area contributed by atoms with Crippen LogP contribution in [0, 0.1) is 5.92 Å². The minimum atomic E-state index is -2.37. The van der Waals surface area contributed by atoms with Crippen LogP contribution in [0.2, 0.25) is 16.6 Å². The molecule has 1 heterocycles. The Morgan fingerprint density at radius 2 is 1.48 bits per heavy atom. The first-order valence-corrected chi connectivity index (χ1v) is 20.2. The smallest absolute Gasteiger partial charge is 0.410 e. The van der Waals surface area contributed by atoms with Crippen molar-refractivity contribution in [1.82, 2.24) is 4.90 Å². The van der Waals surface area contributed by atoms with Gasteiger partial charge in [-0.05, 0) is 62.2 Å². The first-order chi connectivity index (χ1) is 24.1. The van der Waals surface area contributed by atoms with Gasteiger partial charge in [0.25, 0.3) is 0 Å². The molecule has 14 heteroatoms. The van der Waals surface area contributed by atoms with Crippen LogP contribution in [0.25, 0.3) is 0 Å². The molecule has 0 saturated carbocycles. The molecule has 0 spiro atoms. The van der Waals surface area contributed by atoms with Crippen molar-refractivity contribution in [2.24, 2.45) is 5.92 Å². The van der Waals surface area contributed by atoms with Gasteiger partial charge in [-0.25, -0.2) is 9.59 Å². The van der Waals surface area contributed by atoms with Crippen molar-refractivity contribution in [3.63, 3.8) is 0 Å². The molecule has 0 aromatic heterocycles. The molecule has 52 heavy (non-hydrogen) atoms. The number of hydrogen-bond acceptors (Lipinski definition) is 12. The highest BCUT2D eigenvalue weighted by atomic mass is 28.4. The summed E-state index contributed by atoms with van der Waals surface area (Å²) in [7, 11) is -1.24. The molecule has 1 fully saturated rings. The normalized spacial score (nSPS) is 19.6. The number of esters is 4. The van der Waals surface area contributed by atoms with Crippen LogP contribution in [0.15, 0.2) is 30.3 Å². The third kappa shape index (κ3) is 11.0. The Morgan fingerprint density at radius 1 is 0.904 bits per heavy atom. The number of benzene rings is 1. The second-order valence-corrected chi connectivity index (χ2v) is 21.0. The summed E-state index contributed by atoms with van der Waals surface area (Å²) in [6.45, 7) is 19.1. The lowest BCUT2D eigenvalue weighted by Gasteiger charge is -2.45. The lowest BCUT2D eigenvalue weighted by Crippen LogP contribution is -2.67. The van der Waals surface area contributed by atoms with Gasteiger partial charge in [0.15, 0.2) is 20.0 Å². The highest BCUT2D eigenvalue weighted by Gasteiger charge is 2.65. The van der Waals surface area contributed by atoms with E-state index < -0.39 is 80.2 Å². The summed E-state index contributed by atoms with van der Waals surface area (Å²) in [6, 6.07) is 7.97. The molecule has 1 aliphatic heterocycles. The van der Waals surface area contributed by atoms with Crippen molar-refractivity contribution >= 4 is 38.3 Å². The molecule has 1 saturated heterocycles. The van der Waals surface area contributed by atoms with Crippen molar-refractivity contribution in [1.29, 1.82) is 0 Å². The Labute approximate surface area is 310 Å². The topological polar surface area (TPSA) is 164 Å². The van der Waals surface area contributed by atoms with Gasteiger partial charge in [0.2, 0.25) is 0 Å². The summed E-state index contributed by atoms with van der Waals surface area (Å²) in [5, 5.41) is 11.5. The van der Waals surface area contributed by atoms with E-state index in [4.69, 9.17) is 28.1 Å². The standard InChI is InChI=1S/C38H61NO12Si/c1-24(2)52(25(3)4,26(5)6)49-22-31(42)20-30-18-19-38(39(30)36(45)46-12,35(44)48-21-29-16-14-13-15-17-29)33(50-28(8)41)32(23-47-27(7)40)34(43)51-37(9,10)11/h13-17,24-26,30-33,42H,18-23H2,1-12H3/t30-,31-,32-,33+,38-/m1/s1. The highest BCUT2D eigenvalue weighted by molar-refractivity contribution is 6.77. The Balaban J connectivity index is 2.74. The first-order valence-electron chi connectivity index (χ1n) is 18.1. The minimum absolute atomic E-state index is 0.00190. The van der Waals surface area contributed by atoms with Crippen LogP contribution in [0.5, 0.6) is 0 Å². The number of aliphatic hydroxyl groups is 1. The van der Waals surface area contributed by atoms with Gasteiger partial charge < -0.3 is 33.2 Å². The number of rotatable bonds is 17. The lowest BCUT2D eigenvalue weighted by atomic mass is 9.81. The number of nitrogens with zero attached hydrogens (tertiary/aromatic N) is 1. The van der Waals surface area contributed by atoms with Gasteiger partial charge in [-0.3, -0.25) is 19.3 Å². The van der Waals surface area contributed by atoms with E-state index in [1.807, 2.05) is 0 Å². The van der Waals surface area contributed by atoms with Gasteiger partial charge in [0.05, 0.1) is 19.8 Å². The summed E-state index contributed by atoms with van der Waals surface area (Å²) in [6.07, 6.45) is -3.87. The van der Waals surface area contributed by atoms with Gasteiger partial charge in [-0.2, -0.15) is 0 Å². The van der Waals surface area contributed by atoms with Gasteiger partial charge in [0.1, 0.15) is 24.7 Å². The average molecular weight is 752 g/mol. The van der Waals surface area contributed by atoms with Crippen molar-refractivity contribution < 1.29 is 57.2 Å². The van der Waals surface area contributed by atoms with Crippen LogP contribution in [-0.4, -0.2) is 98.0 Å². The maximum atomic E-state index is 14.7. The molecule has 1 aromatic rings. The predicted molar refractivity (Wildman–Crippen MR) is 195 cm³/mol. The van der Waals surface area contributed by atoms with E-state index in [0.717, 1.165) is 25.9 Å². The SMILES string of the molecule is COC(=O)N1[C@@H](C[C@@H](O)CO[Si](C(C)C)(C(C)C)C(C)C)CC[C@]1(C(=O)OCc1ccccc1)[C@@H](OC(C)=O)[C@@H](COC(C)=O)C(=O)OC(C)(C)C. The Kier molecular flexibility index (Phi) is 16.3. The number of carbonyl (C=O) groups is 5. The van der Waals surface area contributed by atoms with Crippen LogP contribution < -0.4 is 0 Å². The molecular formula is C38H61NO12Si. The van der Waals surface area contributed by atoms with E-state index in [-0.39, 0.29) is 49.1 Å². The summed E-state index contributed by atoms with van der Waals surface area (Å²) >= 11 is 0. The lowest BCUT2D eigenvalue weighted by molar-refractivity contribution is -0.190. The zero-order valence-electron chi connectivity index (χ0n) is 33.1. The van der Waals surface area contributed by atoms with Crippen LogP contribution in [0.4, 0.5) is 4.79 Å². The molecule has 0 radical (unpaired) electrons. The van der Waals surface area contributed by atoms with E-state index >= 15 is 0 Å². The molecule has 0 unspecified atom stereocenters. The quantitative estimate of drug-likeness (QED) is 0.111. The number of amides is 1. The van der Waals surface area contributed by atoms with Gasteiger partial charge in [0, 0.05) is 19.9 Å². The number of hydrogen-bond donors (Lipinski definition) is 1. The van der Waals surface area contributed by atoms with Crippen LogP contribution in [-0.2, 0) is 53.9 Å². The molecule has 13 nitrogen and oxygen atoms in total. The largest absolute Gasteiger partial charge is 0.465 e. The first kappa shape index (κ1) is 44.7. The molecule has 1 aromatic carbocycles. The second kappa shape index (κ2) is 19.0. The third-order valence-electron chi connectivity index (χ3n) is 9.67. The molecule has 5 atom stereocenters. The Bertz CT molecular complexity index is 1340. The maximum absolute atomic E-state index is 14.7. The van der Waals surface area contributed by atoms with Crippen molar-refractivity contribution in [2.75, 3.05) is 20.3 Å². The zero-order chi connectivity index (χ0) is 39.6. The number of carbonyl (C=O) groups excluding carboxylic acids is 5. The molecule has 1 amide bonds. The Hall–Kier alpha value is -3.49. The van der Waals surface area contributed by atoms with E-state index in [0.29, 0.717) is 5.56 Å². The summed E-state index contributed by atoms with van der Waals surface area (Å²) in [4.78, 5) is 68.5. The third-order valence-corrected chi connectivity index (χ3v) is 15.8. The zero-order valence-corrected chi connectivity index (χ0v) is 34.1. The number of likely N-dealkylation sites (tertiary alicyclic amines) is 1. The van der Waals surface area contributed by atoms with Crippen LogP contribution >= 0.6 is 0 Å². The minimum Gasteiger partial charge on any atom is -0.465 e. The van der Waals surface area contributed by atoms with Crippen molar-refractivity contribution in [2.45, 2.75) is 148 Å². The molecule has 1 aliphatic rings. The summed E-state index contributed by atoms with van der Waals surface area (Å²) in [5.74, 6) is -5.12. The van der Waals surface area contributed by atoms with E-state index in [2.05, 4.69) is 41.5 Å². The maximum Gasteiger partial charge on any atom is 0.410 e. The summed E-state index contributed by atoms with van der Waals surface area (Å²) in [5.41, 5.74) is -1.78. The fourth-order valence-corrected chi connectivity index (χ4v) is 13.2. The molecule has 1 N–H and O–H groups in total. The van der Waals surface area contributed by atoms with Crippen LogP contribution in [0.3, 0.4) is 0 Å². The van der Waals surface area contributed by atoms with E-state index in [9.17, 15) is 29.1 Å². The van der Waals surface area contributed by atoms with Crippen molar-refractivity contribution in [3.05, 3.63) is 35.9 Å². The van der Waals surface area contributed by atoms with Gasteiger partial charge in [-0.15, -0.1) is 0 Å². The number of methoxy groups -OCH3 is 1. The molecule has 294 valence electrons. The predicted octanol–water partition coefficient (Wildman–Crippen LogP) is 6.10. The van der Waals surface area contributed by atoms with E-state index in [1.165, 1.54) is 0 Å². The average Bonchev–Trinajstić information content (AvgIpc) is 3.41. The van der Waals surface area contributed by atoms with Crippen LogP contribution in [0.1, 0.15) is 101 Å². The fraction of sp³-hybridized carbons (Fsp3) is 0.711. The number of ether oxygens (including phenoxy) is 5. The monoisotopic (exact) mass is 751 g/mol.